The second-order valence-electron chi connectivity index (χ2n) is 5.54. The van der Waals surface area contributed by atoms with Gasteiger partial charge in [-0.1, -0.05) is 17.7 Å². The van der Waals surface area contributed by atoms with Gasteiger partial charge in [0.15, 0.2) is 0 Å². The van der Waals surface area contributed by atoms with Crippen molar-refractivity contribution in [3.05, 3.63) is 47.0 Å². The van der Waals surface area contributed by atoms with Gasteiger partial charge < -0.3 is 14.7 Å². The monoisotopic (exact) mass is 339 g/mol. The van der Waals surface area contributed by atoms with Crippen LogP contribution in [0.25, 0.3) is 0 Å². The van der Waals surface area contributed by atoms with Crippen LogP contribution < -0.4 is 4.74 Å². The Morgan fingerprint density at radius 1 is 1.57 bits per heavy atom. The Labute approximate surface area is 136 Å². The fourth-order valence-corrected chi connectivity index (χ4v) is 2.67. The van der Waals surface area contributed by atoms with Gasteiger partial charge in [0, 0.05) is 12.6 Å². The number of carbonyl (C=O) groups excluding carboxylic acids is 1. The van der Waals surface area contributed by atoms with Gasteiger partial charge in [0.05, 0.1) is 17.8 Å². The minimum absolute atomic E-state index is 0.0308. The van der Waals surface area contributed by atoms with E-state index in [1.807, 2.05) is 0 Å². The van der Waals surface area contributed by atoms with Crippen molar-refractivity contribution in [1.82, 2.24) is 15.1 Å². The number of aliphatic hydroxyl groups is 1. The summed E-state index contributed by atoms with van der Waals surface area (Å²) in [4.78, 5) is 13.8. The van der Waals surface area contributed by atoms with Crippen LogP contribution in [0.1, 0.15) is 16.9 Å². The van der Waals surface area contributed by atoms with Crippen LogP contribution in [-0.4, -0.2) is 51.4 Å². The first-order valence-electron chi connectivity index (χ1n) is 7.06. The molecular weight excluding hydrogens is 325 g/mol. The van der Waals surface area contributed by atoms with Crippen molar-refractivity contribution in [2.45, 2.75) is 12.0 Å². The molecule has 23 heavy (non-hydrogen) atoms. The third-order valence-corrected chi connectivity index (χ3v) is 4.02. The molecule has 1 aliphatic rings. The molecular formula is C15H15ClFN3O3. The number of ether oxygens (including phenoxy) is 1. The minimum Gasteiger partial charge on any atom is -0.490 e. The van der Waals surface area contributed by atoms with Crippen molar-refractivity contribution in [2.24, 2.45) is 0 Å². The van der Waals surface area contributed by atoms with Crippen LogP contribution in [-0.2, 0) is 0 Å². The molecule has 3 rings (SSSR count). The van der Waals surface area contributed by atoms with Crippen molar-refractivity contribution < 1.29 is 19.0 Å². The van der Waals surface area contributed by atoms with E-state index >= 15 is 0 Å². The predicted octanol–water partition coefficient (Wildman–Crippen LogP) is 1.86. The number of carbonyl (C=O) groups is 1. The van der Waals surface area contributed by atoms with Crippen molar-refractivity contribution in [1.29, 1.82) is 0 Å². The predicted molar refractivity (Wildman–Crippen MR) is 81.0 cm³/mol. The van der Waals surface area contributed by atoms with Crippen molar-refractivity contribution in [3.63, 3.8) is 0 Å². The number of hydrogen-bond acceptors (Lipinski definition) is 4. The molecule has 6 nitrogen and oxygen atoms in total. The first kappa shape index (κ1) is 15.8. The number of aromatic nitrogens is 2. The number of nitrogens with one attached hydrogen (secondary N) is 1. The van der Waals surface area contributed by atoms with Crippen LogP contribution >= 0.6 is 11.6 Å². The van der Waals surface area contributed by atoms with Crippen molar-refractivity contribution >= 4 is 17.5 Å². The molecule has 1 atom stereocenters. The fraction of sp³-hybridized carbons (Fsp3) is 0.333. The zero-order valence-electron chi connectivity index (χ0n) is 12.1. The lowest BCUT2D eigenvalue weighted by Gasteiger charge is -2.23. The number of β-amino-alcohol motifs (C(OH)–C–C–N with tert-alkyl or cyclic N) is 1. The summed E-state index contributed by atoms with van der Waals surface area (Å²) in [6.45, 7) is 0.449. The van der Waals surface area contributed by atoms with E-state index in [9.17, 15) is 14.3 Å². The average molecular weight is 340 g/mol. The first-order valence-corrected chi connectivity index (χ1v) is 7.44. The Morgan fingerprint density at radius 3 is 3.09 bits per heavy atom. The summed E-state index contributed by atoms with van der Waals surface area (Å²) < 4.78 is 18.6. The Hall–Kier alpha value is -2.12. The highest BCUT2D eigenvalue weighted by Gasteiger charge is 2.40. The van der Waals surface area contributed by atoms with Crippen LogP contribution in [0, 0.1) is 5.82 Å². The van der Waals surface area contributed by atoms with Gasteiger partial charge in [0.2, 0.25) is 0 Å². The summed E-state index contributed by atoms with van der Waals surface area (Å²) in [5, 5.41) is 17.0. The Kier molecular flexibility index (Phi) is 4.23. The molecule has 1 saturated heterocycles. The molecule has 0 saturated carbocycles. The molecule has 0 bridgehead atoms. The zero-order chi connectivity index (χ0) is 16.4. The van der Waals surface area contributed by atoms with E-state index in [1.165, 1.54) is 29.3 Å². The van der Waals surface area contributed by atoms with E-state index < -0.39 is 11.4 Å². The Bertz CT molecular complexity index is 723. The molecule has 122 valence electrons. The molecule has 1 aliphatic heterocycles. The maximum Gasteiger partial charge on any atom is 0.273 e. The largest absolute Gasteiger partial charge is 0.490 e. The zero-order valence-corrected chi connectivity index (χ0v) is 12.9. The van der Waals surface area contributed by atoms with Crippen molar-refractivity contribution in [2.75, 3.05) is 19.7 Å². The number of halogens is 2. The number of benzene rings is 1. The number of hydrogen-bond donors (Lipinski definition) is 2. The summed E-state index contributed by atoms with van der Waals surface area (Å²) in [6, 6.07) is 5.69. The molecule has 8 heteroatoms. The van der Waals surface area contributed by atoms with Gasteiger partial charge in [-0.3, -0.25) is 9.89 Å². The van der Waals surface area contributed by atoms with Crippen LogP contribution in [0.2, 0.25) is 5.02 Å². The third-order valence-electron chi connectivity index (χ3n) is 3.73. The number of nitrogens with zero attached hydrogens (tertiary/aromatic N) is 2. The Balaban J connectivity index is 1.62. The van der Waals surface area contributed by atoms with Crippen LogP contribution in [0.15, 0.2) is 30.5 Å². The Morgan fingerprint density at radius 2 is 2.39 bits per heavy atom. The maximum absolute atomic E-state index is 13.1. The molecule has 1 amide bonds. The summed E-state index contributed by atoms with van der Waals surface area (Å²) in [7, 11) is 0. The normalized spacial score (nSPS) is 20.7. The second kappa shape index (κ2) is 6.17. The van der Waals surface area contributed by atoms with Gasteiger partial charge in [0.25, 0.3) is 5.91 Å². The molecule has 2 heterocycles. The van der Waals surface area contributed by atoms with Gasteiger partial charge in [-0.15, -0.1) is 0 Å². The molecule has 1 aromatic heterocycles. The highest BCUT2D eigenvalue weighted by molar-refractivity contribution is 6.33. The summed E-state index contributed by atoms with van der Waals surface area (Å²) >= 11 is 5.88. The SMILES string of the molecule is O=C(c1[nH]ncc1Cl)N1CCC(O)(COc2cccc(F)c2)C1. The van der Waals surface area contributed by atoms with E-state index in [4.69, 9.17) is 16.3 Å². The molecule has 0 aliphatic carbocycles. The summed E-state index contributed by atoms with van der Waals surface area (Å²) in [5.41, 5.74) is -0.990. The topological polar surface area (TPSA) is 78.5 Å². The van der Waals surface area contributed by atoms with Crippen LogP contribution in [0.3, 0.4) is 0 Å². The lowest BCUT2D eigenvalue weighted by atomic mass is 10.1. The third kappa shape index (κ3) is 3.46. The van der Waals surface area contributed by atoms with E-state index in [-0.39, 0.29) is 29.8 Å². The van der Waals surface area contributed by atoms with Gasteiger partial charge in [0.1, 0.15) is 29.5 Å². The number of amides is 1. The van der Waals surface area contributed by atoms with E-state index in [1.54, 1.807) is 6.07 Å². The van der Waals surface area contributed by atoms with Gasteiger partial charge in [-0.25, -0.2) is 4.39 Å². The molecule has 2 N–H and O–H groups in total. The molecule has 1 unspecified atom stereocenters. The molecule has 2 aromatic rings. The highest BCUT2D eigenvalue weighted by Crippen LogP contribution is 2.25. The minimum atomic E-state index is -1.19. The van der Waals surface area contributed by atoms with E-state index in [2.05, 4.69) is 10.2 Å². The van der Waals surface area contributed by atoms with Gasteiger partial charge in [-0.05, 0) is 18.6 Å². The van der Waals surface area contributed by atoms with E-state index in [0.29, 0.717) is 18.7 Å². The summed E-state index contributed by atoms with van der Waals surface area (Å²) in [6.07, 6.45) is 1.71. The second-order valence-corrected chi connectivity index (χ2v) is 5.95. The lowest BCUT2D eigenvalue weighted by molar-refractivity contribution is 0.00417. The smallest absolute Gasteiger partial charge is 0.273 e. The number of aromatic amines is 1. The first-order chi connectivity index (χ1) is 11.0. The number of H-pyrrole nitrogens is 1. The lowest BCUT2D eigenvalue weighted by Crippen LogP contribution is -2.40. The van der Waals surface area contributed by atoms with Crippen LogP contribution in [0.5, 0.6) is 5.75 Å². The molecule has 1 fully saturated rings. The number of rotatable bonds is 4. The molecule has 1 aromatic carbocycles. The fourth-order valence-electron chi connectivity index (χ4n) is 2.50. The van der Waals surface area contributed by atoms with Crippen molar-refractivity contribution in [3.8, 4) is 5.75 Å². The highest BCUT2D eigenvalue weighted by atomic mass is 35.5. The average Bonchev–Trinajstić information content (AvgIpc) is 3.12. The number of likely N-dealkylation sites (tertiary alicyclic amines) is 1. The standard InChI is InChI=1S/C15H15ClFN3O3/c16-12-7-18-19-13(12)14(21)20-5-4-15(22,8-20)9-23-11-3-1-2-10(17)6-11/h1-3,6-7,22H,4-5,8-9H2,(H,18,19). The molecule has 0 radical (unpaired) electrons. The summed E-state index contributed by atoms with van der Waals surface area (Å²) in [5.74, 6) is -0.402. The quantitative estimate of drug-likeness (QED) is 0.891. The molecule has 0 spiro atoms. The van der Waals surface area contributed by atoms with E-state index in [0.717, 1.165) is 0 Å². The maximum atomic E-state index is 13.1. The van der Waals surface area contributed by atoms with Gasteiger partial charge >= 0.3 is 0 Å². The van der Waals surface area contributed by atoms with Gasteiger partial charge in [-0.2, -0.15) is 5.10 Å². The van der Waals surface area contributed by atoms with Crippen LogP contribution in [0.4, 0.5) is 4.39 Å².